The SMILES string of the molecule is CCNC(Cc1c(F)cccc1Cl)c1ccc(F)cc1Br. The molecule has 21 heavy (non-hydrogen) atoms. The van der Waals surface area contributed by atoms with E-state index >= 15 is 0 Å². The third kappa shape index (κ3) is 4.02. The zero-order valence-electron chi connectivity index (χ0n) is 11.5. The molecule has 1 N–H and O–H groups in total. The molecule has 112 valence electrons. The Morgan fingerprint density at radius 2 is 2.00 bits per heavy atom. The van der Waals surface area contributed by atoms with Crippen molar-refractivity contribution >= 4 is 27.5 Å². The van der Waals surface area contributed by atoms with Crippen LogP contribution in [0.15, 0.2) is 40.9 Å². The minimum absolute atomic E-state index is 0.153. The van der Waals surface area contributed by atoms with Crippen LogP contribution in [-0.2, 0) is 6.42 Å². The van der Waals surface area contributed by atoms with Gasteiger partial charge in [0.05, 0.1) is 0 Å². The molecule has 2 aromatic carbocycles. The molecule has 0 aliphatic heterocycles. The molecule has 0 spiro atoms. The molecule has 0 bridgehead atoms. The molecule has 0 heterocycles. The van der Waals surface area contributed by atoms with Gasteiger partial charge in [0.2, 0.25) is 0 Å². The second-order valence-electron chi connectivity index (χ2n) is 4.68. The average Bonchev–Trinajstić information content (AvgIpc) is 2.42. The number of benzene rings is 2. The number of nitrogens with one attached hydrogen (secondary N) is 1. The van der Waals surface area contributed by atoms with Crippen molar-refractivity contribution in [3.63, 3.8) is 0 Å². The van der Waals surface area contributed by atoms with Gasteiger partial charge in [0.1, 0.15) is 11.6 Å². The van der Waals surface area contributed by atoms with Crippen molar-refractivity contribution in [2.75, 3.05) is 6.54 Å². The summed E-state index contributed by atoms with van der Waals surface area (Å²) in [7, 11) is 0. The zero-order chi connectivity index (χ0) is 15.4. The molecule has 2 aromatic rings. The molecule has 5 heteroatoms. The van der Waals surface area contributed by atoms with Gasteiger partial charge < -0.3 is 5.32 Å². The van der Waals surface area contributed by atoms with Crippen molar-refractivity contribution in [2.24, 2.45) is 0 Å². The summed E-state index contributed by atoms with van der Waals surface area (Å²) < 4.78 is 27.8. The van der Waals surface area contributed by atoms with Crippen molar-refractivity contribution < 1.29 is 8.78 Å². The van der Waals surface area contributed by atoms with E-state index in [0.717, 1.165) is 5.56 Å². The van der Waals surface area contributed by atoms with Crippen LogP contribution in [-0.4, -0.2) is 6.54 Å². The molecule has 2 rings (SSSR count). The van der Waals surface area contributed by atoms with Crippen molar-refractivity contribution in [1.29, 1.82) is 0 Å². The Labute approximate surface area is 136 Å². The van der Waals surface area contributed by atoms with E-state index in [-0.39, 0.29) is 17.7 Å². The zero-order valence-corrected chi connectivity index (χ0v) is 13.8. The number of likely N-dealkylation sites (N-methyl/N-ethyl adjacent to an activating group) is 1. The number of halogens is 4. The highest BCUT2D eigenvalue weighted by Crippen LogP contribution is 2.30. The van der Waals surface area contributed by atoms with E-state index in [9.17, 15) is 8.78 Å². The molecule has 0 amide bonds. The Kier molecular flexibility index (Phi) is 5.73. The van der Waals surface area contributed by atoms with Gasteiger partial charge in [0, 0.05) is 21.1 Å². The van der Waals surface area contributed by atoms with Crippen LogP contribution in [0.5, 0.6) is 0 Å². The maximum atomic E-state index is 13.9. The Morgan fingerprint density at radius 3 is 2.62 bits per heavy atom. The average molecular weight is 375 g/mol. The first-order valence-electron chi connectivity index (χ1n) is 6.64. The Bertz CT molecular complexity index is 613. The number of hydrogen-bond donors (Lipinski definition) is 1. The minimum atomic E-state index is -0.330. The normalized spacial score (nSPS) is 12.4. The first-order chi connectivity index (χ1) is 10.0. The first-order valence-corrected chi connectivity index (χ1v) is 7.81. The molecule has 0 fully saturated rings. The van der Waals surface area contributed by atoms with Gasteiger partial charge in [-0.25, -0.2) is 8.78 Å². The van der Waals surface area contributed by atoms with Gasteiger partial charge in [-0.05, 0) is 42.8 Å². The molecular formula is C16H15BrClF2N. The summed E-state index contributed by atoms with van der Waals surface area (Å²) in [5, 5.41) is 3.68. The fourth-order valence-electron chi connectivity index (χ4n) is 2.25. The number of rotatable bonds is 5. The maximum Gasteiger partial charge on any atom is 0.127 e. The molecule has 0 aliphatic rings. The smallest absolute Gasteiger partial charge is 0.127 e. The lowest BCUT2D eigenvalue weighted by atomic mass is 9.98. The predicted molar refractivity (Wildman–Crippen MR) is 85.6 cm³/mol. The van der Waals surface area contributed by atoms with Gasteiger partial charge in [-0.1, -0.05) is 46.6 Å². The van der Waals surface area contributed by atoms with Crippen LogP contribution in [0.25, 0.3) is 0 Å². The maximum absolute atomic E-state index is 13.9. The Morgan fingerprint density at radius 1 is 1.24 bits per heavy atom. The van der Waals surface area contributed by atoms with Gasteiger partial charge in [-0.15, -0.1) is 0 Å². The second-order valence-corrected chi connectivity index (χ2v) is 5.94. The van der Waals surface area contributed by atoms with Crippen LogP contribution in [0.3, 0.4) is 0 Å². The molecule has 0 saturated carbocycles. The summed E-state index contributed by atoms with van der Waals surface area (Å²) in [6.07, 6.45) is 0.392. The monoisotopic (exact) mass is 373 g/mol. The van der Waals surface area contributed by atoms with Crippen molar-refractivity contribution in [2.45, 2.75) is 19.4 Å². The highest BCUT2D eigenvalue weighted by molar-refractivity contribution is 9.10. The van der Waals surface area contributed by atoms with Crippen molar-refractivity contribution in [3.8, 4) is 0 Å². The van der Waals surface area contributed by atoms with Crippen LogP contribution in [0, 0.1) is 11.6 Å². The lowest BCUT2D eigenvalue weighted by molar-refractivity contribution is 0.525. The molecule has 1 atom stereocenters. The summed E-state index contributed by atoms with van der Waals surface area (Å²) >= 11 is 9.45. The van der Waals surface area contributed by atoms with E-state index in [2.05, 4.69) is 21.2 Å². The van der Waals surface area contributed by atoms with Gasteiger partial charge in [-0.2, -0.15) is 0 Å². The van der Waals surface area contributed by atoms with E-state index in [0.29, 0.717) is 28.0 Å². The fourth-order valence-corrected chi connectivity index (χ4v) is 3.12. The summed E-state index contributed by atoms with van der Waals surface area (Å²) in [6.45, 7) is 2.67. The second kappa shape index (κ2) is 7.34. The molecule has 0 saturated heterocycles. The lowest BCUT2D eigenvalue weighted by Crippen LogP contribution is -2.24. The van der Waals surface area contributed by atoms with Crippen LogP contribution in [0.4, 0.5) is 8.78 Å². The summed E-state index contributed by atoms with van der Waals surface area (Å²) in [5.74, 6) is -0.645. The summed E-state index contributed by atoms with van der Waals surface area (Å²) in [6, 6.07) is 8.99. The van der Waals surface area contributed by atoms with Gasteiger partial charge >= 0.3 is 0 Å². The Hall–Kier alpha value is -0.970. The van der Waals surface area contributed by atoms with Crippen LogP contribution in [0.2, 0.25) is 5.02 Å². The highest BCUT2D eigenvalue weighted by Gasteiger charge is 2.18. The molecule has 0 aromatic heterocycles. The summed E-state index contributed by atoms with van der Waals surface area (Å²) in [4.78, 5) is 0. The topological polar surface area (TPSA) is 12.0 Å². The van der Waals surface area contributed by atoms with E-state index in [4.69, 9.17) is 11.6 Å². The van der Waals surface area contributed by atoms with Crippen molar-refractivity contribution in [1.82, 2.24) is 5.32 Å². The van der Waals surface area contributed by atoms with Gasteiger partial charge in [0.15, 0.2) is 0 Å². The van der Waals surface area contributed by atoms with Crippen LogP contribution >= 0.6 is 27.5 Å². The number of hydrogen-bond acceptors (Lipinski definition) is 1. The van der Waals surface area contributed by atoms with E-state index in [1.807, 2.05) is 6.92 Å². The summed E-state index contributed by atoms with van der Waals surface area (Å²) in [5.41, 5.74) is 1.33. The Balaban J connectivity index is 2.35. The van der Waals surface area contributed by atoms with E-state index < -0.39 is 0 Å². The third-order valence-electron chi connectivity index (χ3n) is 3.26. The minimum Gasteiger partial charge on any atom is -0.310 e. The molecule has 0 radical (unpaired) electrons. The van der Waals surface area contributed by atoms with Crippen LogP contribution < -0.4 is 5.32 Å². The van der Waals surface area contributed by atoms with E-state index in [1.165, 1.54) is 18.2 Å². The van der Waals surface area contributed by atoms with Gasteiger partial charge in [-0.3, -0.25) is 0 Å². The quantitative estimate of drug-likeness (QED) is 0.751. The standard InChI is InChI=1S/C16H15BrClF2N/c1-2-21-16(11-7-6-10(19)8-13(11)17)9-12-14(18)4-3-5-15(12)20/h3-8,16,21H,2,9H2,1H3. The van der Waals surface area contributed by atoms with Crippen molar-refractivity contribution in [3.05, 3.63) is 68.7 Å². The lowest BCUT2D eigenvalue weighted by Gasteiger charge is -2.21. The molecule has 1 unspecified atom stereocenters. The molecular weight excluding hydrogens is 360 g/mol. The van der Waals surface area contributed by atoms with Crippen LogP contribution in [0.1, 0.15) is 24.1 Å². The largest absolute Gasteiger partial charge is 0.310 e. The van der Waals surface area contributed by atoms with E-state index in [1.54, 1.807) is 18.2 Å². The first kappa shape index (κ1) is 16.4. The third-order valence-corrected chi connectivity index (χ3v) is 4.30. The predicted octanol–water partition coefficient (Wildman–Crippen LogP) is 5.27. The molecule has 1 nitrogen and oxygen atoms in total. The van der Waals surface area contributed by atoms with Gasteiger partial charge in [0.25, 0.3) is 0 Å². The highest BCUT2D eigenvalue weighted by atomic mass is 79.9. The fraction of sp³-hybridized carbons (Fsp3) is 0.250. The molecule has 0 aliphatic carbocycles.